The standard InChI is InChI=1S/C13H26N2/c1-3-13(2,10-14-12-6-7-12)11-15-8-4-5-9-15/h12,14H,3-11H2,1-2H3. The molecule has 0 spiro atoms. The first-order valence-corrected chi connectivity index (χ1v) is 6.68. The van der Waals surface area contributed by atoms with Crippen molar-refractivity contribution >= 4 is 0 Å². The van der Waals surface area contributed by atoms with Crippen LogP contribution in [0.5, 0.6) is 0 Å². The maximum Gasteiger partial charge on any atom is 0.00684 e. The summed E-state index contributed by atoms with van der Waals surface area (Å²) < 4.78 is 0. The zero-order valence-corrected chi connectivity index (χ0v) is 10.4. The summed E-state index contributed by atoms with van der Waals surface area (Å²) in [5.41, 5.74) is 0.493. The number of hydrogen-bond acceptors (Lipinski definition) is 2. The lowest BCUT2D eigenvalue weighted by atomic mass is 9.86. The van der Waals surface area contributed by atoms with Crippen LogP contribution in [0.25, 0.3) is 0 Å². The third-order valence-electron chi connectivity index (χ3n) is 4.05. The van der Waals surface area contributed by atoms with Crippen LogP contribution in [0.2, 0.25) is 0 Å². The number of hydrogen-bond donors (Lipinski definition) is 1. The SMILES string of the molecule is CCC(C)(CNC1CC1)CN1CCCC1. The third kappa shape index (κ3) is 3.46. The van der Waals surface area contributed by atoms with Gasteiger partial charge in [-0.25, -0.2) is 0 Å². The first-order chi connectivity index (χ1) is 7.22. The second-order valence-electron chi connectivity index (χ2n) is 5.80. The van der Waals surface area contributed by atoms with E-state index in [0.717, 1.165) is 6.04 Å². The van der Waals surface area contributed by atoms with Crippen molar-refractivity contribution in [3.8, 4) is 0 Å². The Hall–Kier alpha value is -0.0800. The molecule has 1 N–H and O–H groups in total. The van der Waals surface area contributed by atoms with Crippen LogP contribution in [0.15, 0.2) is 0 Å². The van der Waals surface area contributed by atoms with Gasteiger partial charge in [0.15, 0.2) is 0 Å². The minimum Gasteiger partial charge on any atom is -0.313 e. The maximum atomic E-state index is 3.70. The van der Waals surface area contributed by atoms with Crippen LogP contribution in [0.1, 0.15) is 46.0 Å². The normalized spacial score (nSPS) is 26.8. The van der Waals surface area contributed by atoms with Gasteiger partial charge >= 0.3 is 0 Å². The topological polar surface area (TPSA) is 15.3 Å². The Morgan fingerprint density at radius 1 is 1.27 bits per heavy atom. The van der Waals surface area contributed by atoms with E-state index in [1.54, 1.807) is 0 Å². The number of likely N-dealkylation sites (tertiary alicyclic amines) is 1. The first kappa shape index (κ1) is 11.4. The minimum atomic E-state index is 0.493. The highest BCUT2D eigenvalue weighted by atomic mass is 15.1. The summed E-state index contributed by atoms with van der Waals surface area (Å²) in [6, 6.07) is 0.856. The van der Waals surface area contributed by atoms with Gasteiger partial charge in [0.25, 0.3) is 0 Å². The molecule has 2 heteroatoms. The van der Waals surface area contributed by atoms with Crippen LogP contribution in [-0.4, -0.2) is 37.1 Å². The lowest BCUT2D eigenvalue weighted by Crippen LogP contribution is -2.41. The Balaban J connectivity index is 1.76. The van der Waals surface area contributed by atoms with Crippen molar-refractivity contribution < 1.29 is 0 Å². The number of rotatable bonds is 6. The summed E-state index contributed by atoms with van der Waals surface area (Å²) in [5, 5.41) is 3.70. The smallest absolute Gasteiger partial charge is 0.00684 e. The Morgan fingerprint density at radius 3 is 2.47 bits per heavy atom. The monoisotopic (exact) mass is 210 g/mol. The van der Waals surface area contributed by atoms with Crippen molar-refractivity contribution in [1.29, 1.82) is 0 Å². The molecule has 2 aliphatic rings. The molecule has 0 aromatic rings. The molecule has 1 saturated heterocycles. The molecule has 15 heavy (non-hydrogen) atoms. The van der Waals surface area contributed by atoms with E-state index in [2.05, 4.69) is 24.1 Å². The van der Waals surface area contributed by atoms with E-state index >= 15 is 0 Å². The Kier molecular flexibility index (Phi) is 3.68. The van der Waals surface area contributed by atoms with Crippen LogP contribution >= 0.6 is 0 Å². The molecule has 88 valence electrons. The highest BCUT2D eigenvalue weighted by molar-refractivity contribution is 4.87. The van der Waals surface area contributed by atoms with Crippen molar-refractivity contribution in [2.75, 3.05) is 26.2 Å². The molecule has 0 bridgehead atoms. The molecule has 0 aromatic carbocycles. The molecular weight excluding hydrogens is 184 g/mol. The molecular formula is C13H26N2. The van der Waals surface area contributed by atoms with Crippen molar-refractivity contribution in [3.63, 3.8) is 0 Å². The number of nitrogens with one attached hydrogen (secondary N) is 1. The summed E-state index contributed by atoms with van der Waals surface area (Å²) in [6.45, 7) is 9.96. The van der Waals surface area contributed by atoms with Crippen LogP contribution in [0.4, 0.5) is 0 Å². The van der Waals surface area contributed by atoms with E-state index in [4.69, 9.17) is 0 Å². The van der Waals surface area contributed by atoms with Gasteiger partial charge in [0.05, 0.1) is 0 Å². The lowest BCUT2D eigenvalue weighted by Gasteiger charge is -2.33. The van der Waals surface area contributed by atoms with Crippen molar-refractivity contribution in [3.05, 3.63) is 0 Å². The van der Waals surface area contributed by atoms with Crippen LogP contribution in [0, 0.1) is 5.41 Å². The van der Waals surface area contributed by atoms with E-state index in [1.165, 1.54) is 58.3 Å². The molecule has 1 saturated carbocycles. The Bertz CT molecular complexity index is 195. The quantitative estimate of drug-likeness (QED) is 0.723. The highest BCUT2D eigenvalue weighted by Crippen LogP contribution is 2.26. The second-order valence-corrected chi connectivity index (χ2v) is 5.80. The fraction of sp³-hybridized carbons (Fsp3) is 1.00. The molecule has 2 nitrogen and oxygen atoms in total. The van der Waals surface area contributed by atoms with E-state index < -0.39 is 0 Å². The van der Waals surface area contributed by atoms with E-state index in [0.29, 0.717) is 5.41 Å². The van der Waals surface area contributed by atoms with Crippen LogP contribution in [0.3, 0.4) is 0 Å². The molecule has 0 aromatic heterocycles. The molecule has 1 unspecified atom stereocenters. The summed E-state index contributed by atoms with van der Waals surface area (Å²) in [7, 11) is 0. The highest BCUT2D eigenvalue weighted by Gasteiger charge is 2.29. The van der Waals surface area contributed by atoms with Gasteiger partial charge in [-0.1, -0.05) is 13.8 Å². The Labute approximate surface area is 94.4 Å². The zero-order chi connectivity index (χ0) is 10.7. The fourth-order valence-electron chi connectivity index (χ4n) is 2.45. The summed E-state index contributed by atoms with van der Waals surface area (Å²) in [4.78, 5) is 2.65. The number of nitrogens with zero attached hydrogens (tertiary/aromatic N) is 1. The molecule has 0 radical (unpaired) electrons. The van der Waals surface area contributed by atoms with Gasteiger partial charge in [0, 0.05) is 19.1 Å². The summed E-state index contributed by atoms with van der Waals surface area (Å²) in [6.07, 6.45) is 6.93. The largest absolute Gasteiger partial charge is 0.313 e. The molecule has 1 aliphatic carbocycles. The van der Waals surface area contributed by atoms with Gasteiger partial charge in [0.2, 0.25) is 0 Å². The Morgan fingerprint density at radius 2 is 1.93 bits per heavy atom. The fourth-order valence-corrected chi connectivity index (χ4v) is 2.45. The predicted molar refractivity (Wildman–Crippen MR) is 65.1 cm³/mol. The maximum absolute atomic E-state index is 3.70. The van der Waals surface area contributed by atoms with Gasteiger partial charge in [0.1, 0.15) is 0 Å². The molecule has 1 aliphatic heterocycles. The van der Waals surface area contributed by atoms with Gasteiger partial charge < -0.3 is 10.2 Å². The molecule has 1 atom stereocenters. The minimum absolute atomic E-state index is 0.493. The first-order valence-electron chi connectivity index (χ1n) is 6.68. The van der Waals surface area contributed by atoms with Crippen molar-refractivity contribution in [1.82, 2.24) is 10.2 Å². The zero-order valence-electron chi connectivity index (χ0n) is 10.4. The predicted octanol–water partition coefficient (Wildman–Crippen LogP) is 2.25. The molecule has 2 rings (SSSR count). The van der Waals surface area contributed by atoms with Gasteiger partial charge in [-0.05, 0) is 50.6 Å². The van der Waals surface area contributed by atoms with E-state index in [9.17, 15) is 0 Å². The molecule has 2 fully saturated rings. The molecule has 1 heterocycles. The van der Waals surface area contributed by atoms with E-state index in [-0.39, 0.29) is 0 Å². The van der Waals surface area contributed by atoms with E-state index in [1.807, 2.05) is 0 Å². The van der Waals surface area contributed by atoms with Crippen molar-refractivity contribution in [2.45, 2.75) is 52.0 Å². The summed E-state index contributed by atoms with van der Waals surface area (Å²) in [5.74, 6) is 0. The average Bonchev–Trinajstić information content (AvgIpc) is 2.94. The molecule has 0 amide bonds. The lowest BCUT2D eigenvalue weighted by molar-refractivity contribution is 0.179. The van der Waals surface area contributed by atoms with Gasteiger partial charge in [-0.2, -0.15) is 0 Å². The van der Waals surface area contributed by atoms with Gasteiger partial charge in [-0.15, -0.1) is 0 Å². The van der Waals surface area contributed by atoms with Crippen LogP contribution < -0.4 is 5.32 Å². The average molecular weight is 210 g/mol. The third-order valence-corrected chi connectivity index (χ3v) is 4.05. The van der Waals surface area contributed by atoms with Gasteiger partial charge in [-0.3, -0.25) is 0 Å². The van der Waals surface area contributed by atoms with Crippen molar-refractivity contribution in [2.24, 2.45) is 5.41 Å². The second kappa shape index (κ2) is 4.84. The summed E-state index contributed by atoms with van der Waals surface area (Å²) >= 11 is 0. The van der Waals surface area contributed by atoms with Crippen LogP contribution in [-0.2, 0) is 0 Å².